The molecule has 272 valence electrons. The molecule has 0 amide bonds. The van der Waals surface area contributed by atoms with Crippen LogP contribution in [0.15, 0.2) is 177 Å². The van der Waals surface area contributed by atoms with E-state index in [0.29, 0.717) is 17.5 Å². The Balaban J connectivity index is 1.03. The molecule has 1 aliphatic rings. The van der Waals surface area contributed by atoms with Crippen LogP contribution < -0.4 is 0 Å². The smallest absolute Gasteiger partial charge is 0.167 e. The molecule has 0 spiro atoms. The van der Waals surface area contributed by atoms with Gasteiger partial charge in [-0.05, 0) is 61.0 Å². The average Bonchev–Trinajstić information content (AvgIpc) is 4.05. The van der Waals surface area contributed by atoms with Crippen LogP contribution in [0.4, 0.5) is 0 Å². The van der Waals surface area contributed by atoms with Crippen LogP contribution in [0, 0.1) is 0 Å². The molecular weight excluding hydrogens is 717 g/mol. The van der Waals surface area contributed by atoms with E-state index in [4.69, 9.17) is 28.2 Å². The van der Waals surface area contributed by atoms with Crippen molar-refractivity contribution < 1.29 is 13.3 Å². The van der Waals surface area contributed by atoms with Gasteiger partial charge in [-0.25, -0.2) is 15.0 Å². The number of hydrogen-bond donors (Lipinski definition) is 0. The molecular formula is C51H30N4O3. The Hall–Kier alpha value is -7.77. The van der Waals surface area contributed by atoms with Crippen molar-refractivity contribution in [3.8, 4) is 28.5 Å². The van der Waals surface area contributed by atoms with Gasteiger partial charge in [0.05, 0.1) is 22.2 Å². The number of nitrogens with zero attached hydrogens (tertiary/aromatic N) is 4. The molecule has 5 heterocycles. The molecule has 7 nitrogen and oxygen atoms in total. The van der Waals surface area contributed by atoms with Gasteiger partial charge >= 0.3 is 0 Å². The summed E-state index contributed by atoms with van der Waals surface area (Å²) in [5.74, 6) is 1.82. The summed E-state index contributed by atoms with van der Waals surface area (Å²) >= 11 is 0. The number of allylic oxidation sites excluding steroid dienone is 4. The maximum absolute atomic E-state index is 6.76. The number of aromatic nitrogens is 4. The maximum Gasteiger partial charge on any atom is 0.167 e. The zero-order chi connectivity index (χ0) is 37.9. The summed E-state index contributed by atoms with van der Waals surface area (Å²) < 4.78 is 22.2. The standard InChI is InChI=1S/C51H30N4O3/c1-2-12-29(13-3-1)49-52-50(38-19-10-17-35-32-15-5-8-22-42(32)56-46(35)38)54-51(53-49)39-20-11-18-36-40-28-30(24-27-44(40)57-47(36)39)55-41-21-7-4-14-31(41)34-25-26-37-33-16-6-9-23-43(33)58-48(37)45(34)55/h1-12,14-29H,13H2. The molecule has 13 rings (SSSR count). The molecule has 0 N–H and O–H groups in total. The summed E-state index contributed by atoms with van der Waals surface area (Å²) in [6, 6.07) is 48.1. The third-order valence-corrected chi connectivity index (χ3v) is 11.8. The number of rotatable bonds is 4. The highest BCUT2D eigenvalue weighted by Gasteiger charge is 2.24. The second-order valence-electron chi connectivity index (χ2n) is 15.0. The first-order chi connectivity index (χ1) is 28.7. The van der Waals surface area contributed by atoms with E-state index >= 15 is 0 Å². The van der Waals surface area contributed by atoms with Crippen molar-refractivity contribution in [1.82, 2.24) is 19.5 Å². The molecule has 0 radical (unpaired) electrons. The minimum atomic E-state index is 0.00208. The molecule has 12 aromatic rings. The number of para-hydroxylation sites is 5. The first-order valence-electron chi connectivity index (χ1n) is 19.5. The van der Waals surface area contributed by atoms with Gasteiger partial charge in [0, 0.05) is 54.7 Å². The van der Waals surface area contributed by atoms with Crippen LogP contribution in [-0.2, 0) is 0 Å². The van der Waals surface area contributed by atoms with E-state index in [9.17, 15) is 0 Å². The molecule has 7 heteroatoms. The minimum absolute atomic E-state index is 0.00208. The normalized spacial score (nSPS) is 14.5. The highest BCUT2D eigenvalue weighted by atomic mass is 16.3. The van der Waals surface area contributed by atoms with Crippen molar-refractivity contribution in [3.63, 3.8) is 0 Å². The third kappa shape index (κ3) is 4.46. The van der Waals surface area contributed by atoms with E-state index in [1.807, 2.05) is 48.5 Å². The fourth-order valence-electron chi connectivity index (χ4n) is 9.10. The third-order valence-electron chi connectivity index (χ3n) is 11.8. The summed E-state index contributed by atoms with van der Waals surface area (Å²) in [5, 5.41) is 8.58. The lowest BCUT2D eigenvalue weighted by molar-refractivity contribution is 0.668. The van der Waals surface area contributed by atoms with Crippen LogP contribution in [0.5, 0.6) is 0 Å². The van der Waals surface area contributed by atoms with Crippen LogP contribution >= 0.6 is 0 Å². The summed E-state index contributed by atoms with van der Waals surface area (Å²) in [4.78, 5) is 15.5. The van der Waals surface area contributed by atoms with Crippen molar-refractivity contribution in [1.29, 1.82) is 0 Å². The zero-order valence-corrected chi connectivity index (χ0v) is 30.9. The zero-order valence-electron chi connectivity index (χ0n) is 30.9. The fraction of sp³-hybridized carbons (Fsp3) is 0.0392. The summed E-state index contributed by atoms with van der Waals surface area (Å²) in [7, 11) is 0. The monoisotopic (exact) mass is 746 g/mol. The van der Waals surface area contributed by atoms with E-state index in [2.05, 4.69) is 120 Å². The number of benzene rings is 7. The lowest BCUT2D eigenvalue weighted by Crippen LogP contribution is -2.08. The molecule has 0 fully saturated rings. The Morgan fingerprint density at radius 1 is 0.466 bits per heavy atom. The van der Waals surface area contributed by atoms with E-state index < -0.39 is 0 Å². The molecule has 0 bridgehead atoms. The van der Waals surface area contributed by atoms with Crippen LogP contribution in [0.2, 0.25) is 0 Å². The summed E-state index contributed by atoms with van der Waals surface area (Å²) in [6.45, 7) is 0. The van der Waals surface area contributed by atoms with Crippen LogP contribution in [0.1, 0.15) is 18.2 Å². The quantitative estimate of drug-likeness (QED) is 0.178. The maximum atomic E-state index is 6.76. The minimum Gasteiger partial charge on any atom is -0.455 e. The Morgan fingerprint density at radius 2 is 1.05 bits per heavy atom. The van der Waals surface area contributed by atoms with Gasteiger partial charge in [0.15, 0.2) is 17.2 Å². The van der Waals surface area contributed by atoms with Crippen molar-refractivity contribution in [3.05, 3.63) is 170 Å². The summed E-state index contributed by atoms with van der Waals surface area (Å²) in [5.41, 5.74) is 9.61. The number of furan rings is 3. The van der Waals surface area contributed by atoms with Gasteiger partial charge in [0.25, 0.3) is 0 Å². The van der Waals surface area contributed by atoms with Crippen LogP contribution in [0.3, 0.4) is 0 Å². The first kappa shape index (κ1) is 31.4. The van der Waals surface area contributed by atoms with Gasteiger partial charge in [-0.15, -0.1) is 0 Å². The van der Waals surface area contributed by atoms with Crippen molar-refractivity contribution in [2.24, 2.45) is 0 Å². The SMILES string of the molecule is C1=CCC(c2nc(-c3cccc4c3oc3ccccc34)nc(-c3cccc4c3oc3ccc(-n5c6ccccc6c6ccc7c8ccccc8oc7c65)cc34)n2)C=C1. The predicted molar refractivity (Wildman–Crippen MR) is 233 cm³/mol. The average molecular weight is 747 g/mol. The van der Waals surface area contributed by atoms with Gasteiger partial charge in [-0.2, -0.15) is 0 Å². The highest BCUT2D eigenvalue weighted by Crippen LogP contribution is 2.43. The largest absolute Gasteiger partial charge is 0.455 e. The van der Waals surface area contributed by atoms with E-state index in [1.165, 1.54) is 5.39 Å². The van der Waals surface area contributed by atoms with Gasteiger partial charge < -0.3 is 17.8 Å². The number of fused-ring (bicyclic) bond motifs is 13. The van der Waals surface area contributed by atoms with E-state index in [1.54, 1.807) is 0 Å². The lowest BCUT2D eigenvalue weighted by Gasteiger charge is -2.14. The van der Waals surface area contributed by atoms with Gasteiger partial charge in [0.1, 0.15) is 33.7 Å². The predicted octanol–water partition coefficient (Wildman–Crippen LogP) is 13.6. The molecule has 5 aromatic heterocycles. The number of hydrogen-bond acceptors (Lipinski definition) is 6. The molecule has 1 unspecified atom stereocenters. The second-order valence-corrected chi connectivity index (χ2v) is 15.0. The van der Waals surface area contributed by atoms with Crippen LogP contribution in [-0.4, -0.2) is 19.5 Å². The van der Waals surface area contributed by atoms with Gasteiger partial charge in [-0.1, -0.05) is 109 Å². The van der Waals surface area contributed by atoms with Gasteiger partial charge in [0.2, 0.25) is 0 Å². The lowest BCUT2D eigenvalue weighted by atomic mass is 9.99. The molecule has 1 aliphatic carbocycles. The Morgan fingerprint density at radius 3 is 1.76 bits per heavy atom. The van der Waals surface area contributed by atoms with Crippen molar-refractivity contribution in [2.75, 3.05) is 0 Å². The van der Waals surface area contributed by atoms with E-state index in [-0.39, 0.29) is 5.92 Å². The Bertz CT molecular complexity index is 3750. The topological polar surface area (TPSA) is 83.0 Å². The molecule has 1 atom stereocenters. The highest BCUT2D eigenvalue weighted by molar-refractivity contribution is 6.22. The molecule has 0 aliphatic heterocycles. The van der Waals surface area contributed by atoms with E-state index in [0.717, 1.165) is 105 Å². The Labute approximate surface area is 329 Å². The van der Waals surface area contributed by atoms with Crippen LogP contribution in [0.25, 0.3) is 116 Å². The summed E-state index contributed by atoms with van der Waals surface area (Å²) in [6.07, 6.45) is 9.24. The molecule has 7 aromatic carbocycles. The second kappa shape index (κ2) is 11.9. The van der Waals surface area contributed by atoms with Crippen molar-refractivity contribution >= 4 is 87.6 Å². The fourth-order valence-corrected chi connectivity index (χ4v) is 9.10. The molecule has 58 heavy (non-hydrogen) atoms. The molecule has 0 saturated carbocycles. The molecule has 0 saturated heterocycles. The van der Waals surface area contributed by atoms with Gasteiger partial charge in [-0.3, -0.25) is 0 Å². The van der Waals surface area contributed by atoms with Crippen molar-refractivity contribution in [2.45, 2.75) is 12.3 Å². The first-order valence-corrected chi connectivity index (χ1v) is 19.5. The Kier molecular flexibility index (Phi) is 6.43.